The van der Waals surface area contributed by atoms with Gasteiger partial charge in [-0.25, -0.2) is 13.2 Å². The van der Waals surface area contributed by atoms with Gasteiger partial charge < -0.3 is 5.32 Å². The van der Waals surface area contributed by atoms with E-state index >= 15 is 0 Å². The van der Waals surface area contributed by atoms with Crippen LogP contribution < -0.4 is 5.32 Å². The smallest absolute Gasteiger partial charge is 0.251 e. The molecule has 0 aliphatic carbocycles. The molecule has 0 heterocycles. The lowest BCUT2D eigenvalue weighted by molar-refractivity contribution is 0.0939. The molecule has 104 valence electrons. The van der Waals surface area contributed by atoms with Crippen LogP contribution >= 0.6 is 0 Å². The number of nitrogens with one attached hydrogen (secondary N) is 1. The molecule has 0 radical (unpaired) electrons. The van der Waals surface area contributed by atoms with E-state index < -0.39 is 17.5 Å². The van der Waals surface area contributed by atoms with Gasteiger partial charge in [0.15, 0.2) is 11.6 Å². The Morgan fingerprint density at radius 2 is 1.65 bits per heavy atom. The van der Waals surface area contributed by atoms with Gasteiger partial charge in [-0.3, -0.25) is 4.79 Å². The highest BCUT2D eigenvalue weighted by atomic mass is 19.2. The van der Waals surface area contributed by atoms with E-state index in [0.717, 1.165) is 12.1 Å². The lowest BCUT2D eigenvalue weighted by atomic mass is 10.1. The molecule has 1 amide bonds. The van der Waals surface area contributed by atoms with Crippen molar-refractivity contribution in [2.75, 3.05) is 0 Å². The Kier molecular flexibility index (Phi) is 4.08. The average molecular weight is 279 g/mol. The minimum atomic E-state index is -1.08. The lowest BCUT2D eigenvalue weighted by Gasteiger charge is -2.14. The quantitative estimate of drug-likeness (QED) is 0.914. The summed E-state index contributed by atoms with van der Waals surface area (Å²) in [5, 5.41) is 2.63. The van der Waals surface area contributed by atoms with Crippen molar-refractivity contribution in [2.45, 2.75) is 13.0 Å². The first-order valence-electron chi connectivity index (χ1n) is 5.99. The number of amides is 1. The molecule has 0 saturated heterocycles. The van der Waals surface area contributed by atoms with Crippen molar-refractivity contribution in [1.29, 1.82) is 0 Å². The Morgan fingerprint density at radius 3 is 2.25 bits per heavy atom. The van der Waals surface area contributed by atoms with Crippen LogP contribution in [0.3, 0.4) is 0 Å². The van der Waals surface area contributed by atoms with Gasteiger partial charge in [-0.2, -0.15) is 0 Å². The second kappa shape index (κ2) is 5.77. The topological polar surface area (TPSA) is 29.1 Å². The Bertz CT molecular complexity index is 626. The van der Waals surface area contributed by atoms with Crippen molar-refractivity contribution in [3.8, 4) is 0 Å². The summed E-state index contributed by atoms with van der Waals surface area (Å²) < 4.78 is 38.6. The van der Waals surface area contributed by atoms with Crippen LogP contribution in [-0.2, 0) is 0 Å². The summed E-state index contributed by atoms with van der Waals surface area (Å²) in [6.07, 6.45) is 0. The fourth-order valence-corrected chi connectivity index (χ4v) is 1.75. The summed E-state index contributed by atoms with van der Waals surface area (Å²) in [7, 11) is 0. The molecule has 2 rings (SSSR count). The summed E-state index contributed by atoms with van der Waals surface area (Å²) in [4.78, 5) is 11.9. The van der Waals surface area contributed by atoms with Gasteiger partial charge >= 0.3 is 0 Å². The van der Waals surface area contributed by atoms with E-state index in [1.165, 1.54) is 18.2 Å². The van der Waals surface area contributed by atoms with E-state index in [9.17, 15) is 18.0 Å². The Balaban J connectivity index is 2.10. The lowest BCUT2D eigenvalue weighted by Crippen LogP contribution is -2.26. The van der Waals surface area contributed by atoms with Gasteiger partial charge in [0.25, 0.3) is 5.91 Å². The second-order valence-corrected chi connectivity index (χ2v) is 4.38. The molecule has 1 atom stereocenters. The maximum atomic E-state index is 13.0. The van der Waals surface area contributed by atoms with Crippen LogP contribution in [0.2, 0.25) is 0 Å². The Morgan fingerprint density at radius 1 is 1.00 bits per heavy atom. The summed E-state index contributed by atoms with van der Waals surface area (Å²) in [5.41, 5.74) is 0.736. The van der Waals surface area contributed by atoms with E-state index in [1.54, 1.807) is 19.1 Å². The minimum Gasteiger partial charge on any atom is -0.346 e. The molecule has 5 heteroatoms. The zero-order valence-corrected chi connectivity index (χ0v) is 10.7. The summed E-state index contributed by atoms with van der Waals surface area (Å²) in [6.45, 7) is 1.71. The maximum absolute atomic E-state index is 13.0. The first kappa shape index (κ1) is 14.1. The molecule has 0 aliphatic rings. The molecule has 0 saturated carbocycles. The second-order valence-electron chi connectivity index (χ2n) is 4.38. The highest BCUT2D eigenvalue weighted by Crippen LogP contribution is 2.15. The van der Waals surface area contributed by atoms with E-state index in [2.05, 4.69) is 5.32 Å². The van der Waals surface area contributed by atoms with Gasteiger partial charge in [-0.15, -0.1) is 0 Å². The van der Waals surface area contributed by atoms with Gasteiger partial charge in [-0.05, 0) is 42.8 Å². The normalized spacial score (nSPS) is 12.0. The highest BCUT2D eigenvalue weighted by molar-refractivity contribution is 5.94. The molecule has 0 spiro atoms. The number of hydrogen-bond acceptors (Lipinski definition) is 1. The predicted molar refractivity (Wildman–Crippen MR) is 68.6 cm³/mol. The summed E-state index contributed by atoms with van der Waals surface area (Å²) in [6, 6.07) is 8.22. The van der Waals surface area contributed by atoms with E-state index in [0.29, 0.717) is 5.56 Å². The Hall–Kier alpha value is -2.30. The number of halogens is 3. The molecule has 1 N–H and O–H groups in total. The highest BCUT2D eigenvalue weighted by Gasteiger charge is 2.13. The molecular weight excluding hydrogens is 267 g/mol. The molecule has 0 aromatic heterocycles. The van der Waals surface area contributed by atoms with Crippen molar-refractivity contribution in [3.63, 3.8) is 0 Å². The van der Waals surface area contributed by atoms with Crippen molar-refractivity contribution in [3.05, 3.63) is 71.0 Å². The molecule has 2 aromatic carbocycles. The third-order valence-corrected chi connectivity index (χ3v) is 2.90. The zero-order chi connectivity index (χ0) is 14.7. The molecular formula is C15H12F3NO. The van der Waals surface area contributed by atoms with Crippen molar-refractivity contribution >= 4 is 5.91 Å². The van der Waals surface area contributed by atoms with Crippen LogP contribution in [0.25, 0.3) is 0 Å². The predicted octanol–water partition coefficient (Wildman–Crippen LogP) is 3.59. The molecule has 0 bridgehead atoms. The SMILES string of the molecule is C[C@H](NC(=O)c1ccc(F)c(F)c1)c1ccc(F)cc1. The largest absolute Gasteiger partial charge is 0.346 e. The zero-order valence-electron chi connectivity index (χ0n) is 10.7. The Labute approximate surface area is 114 Å². The van der Waals surface area contributed by atoms with Crippen LogP contribution in [0.15, 0.2) is 42.5 Å². The number of benzene rings is 2. The van der Waals surface area contributed by atoms with Gasteiger partial charge in [-0.1, -0.05) is 12.1 Å². The number of rotatable bonds is 3. The summed E-state index contributed by atoms with van der Waals surface area (Å²) >= 11 is 0. The molecule has 2 aromatic rings. The average Bonchev–Trinajstić information content (AvgIpc) is 2.42. The van der Waals surface area contributed by atoms with Gasteiger partial charge in [0, 0.05) is 5.56 Å². The van der Waals surface area contributed by atoms with Crippen molar-refractivity contribution in [1.82, 2.24) is 5.32 Å². The van der Waals surface area contributed by atoms with Crippen LogP contribution in [0, 0.1) is 17.5 Å². The van der Waals surface area contributed by atoms with E-state index in [-0.39, 0.29) is 17.4 Å². The first-order valence-corrected chi connectivity index (χ1v) is 5.99. The molecule has 0 aliphatic heterocycles. The monoisotopic (exact) mass is 279 g/mol. The van der Waals surface area contributed by atoms with Gasteiger partial charge in [0.2, 0.25) is 0 Å². The minimum absolute atomic E-state index is 0.0258. The summed E-state index contributed by atoms with van der Waals surface area (Å²) in [5.74, 6) is -2.98. The molecule has 2 nitrogen and oxygen atoms in total. The van der Waals surface area contributed by atoms with Crippen molar-refractivity contribution < 1.29 is 18.0 Å². The fourth-order valence-electron chi connectivity index (χ4n) is 1.75. The number of carbonyl (C=O) groups excluding carboxylic acids is 1. The first-order chi connectivity index (χ1) is 9.47. The van der Waals surface area contributed by atoms with Gasteiger partial charge in [0.05, 0.1) is 6.04 Å². The van der Waals surface area contributed by atoms with Crippen LogP contribution in [0.1, 0.15) is 28.9 Å². The van der Waals surface area contributed by atoms with E-state index in [1.807, 2.05) is 0 Å². The molecule has 0 unspecified atom stereocenters. The van der Waals surface area contributed by atoms with E-state index in [4.69, 9.17) is 0 Å². The third kappa shape index (κ3) is 3.17. The third-order valence-electron chi connectivity index (χ3n) is 2.90. The van der Waals surface area contributed by atoms with Crippen molar-refractivity contribution in [2.24, 2.45) is 0 Å². The van der Waals surface area contributed by atoms with Crippen LogP contribution in [0.4, 0.5) is 13.2 Å². The maximum Gasteiger partial charge on any atom is 0.251 e. The van der Waals surface area contributed by atoms with Crippen LogP contribution in [-0.4, -0.2) is 5.91 Å². The molecule has 20 heavy (non-hydrogen) atoms. The van der Waals surface area contributed by atoms with Crippen LogP contribution in [0.5, 0.6) is 0 Å². The standard InChI is InChI=1S/C15H12F3NO/c1-9(10-2-5-12(16)6-3-10)19-15(20)11-4-7-13(17)14(18)8-11/h2-9H,1H3,(H,19,20)/t9-/m0/s1. The fraction of sp³-hybridized carbons (Fsp3) is 0.133. The number of carbonyl (C=O) groups is 1. The van der Waals surface area contributed by atoms with Gasteiger partial charge in [0.1, 0.15) is 5.82 Å². The molecule has 0 fully saturated rings. The number of hydrogen-bond donors (Lipinski definition) is 1.